The van der Waals surface area contributed by atoms with Crippen molar-refractivity contribution in [2.75, 3.05) is 25.1 Å². The summed E-state index contributed by atoms with van der Waals surface area (Å²) < 4.78 is 10.8. The molecule has 0 aliphatic carbocycles. The minimum Gasteiger partial charge on any atom is -0.486 e. The zero-order valence-corrected chi connectivity index (χ0v) is 12.6. The summed E-state index contributed by atoms with van der Waals surface area (Å²) in [5, 5.41) is 5.13. The highest BCUT2D eigenvalue weighted by molar-refractivity contribution is 5.99. The molecule has 0 atom stereocenters. The van der Waals surface area contributed by atoms with Crippen LogP contribution >= 0.6 is 0 Å². The van der Waals surface area contributed by atoms with Gasteiger partial charge in [0.1, 0.15) is 13.2 Å². The van der Waals surface area contributed by atoms with E-state index >= 15 is 0 Å². The Morgan fingerprint density at radius 3 is 2.62 bits per heavy atom. The van der Waals surface area contributed by atoms with Crippen molar-refractivity contribution < 1.29 is 19.1 Å². The van der Waals surface area contributed by atoms with Crippen LogP contribution in [0.4, 0.5) is 5.69 Å². The number of anilines is 1. The number of aromatic amines is 1. The van der Waals surface area contributed by atoms with Gasteiger partial charge in [0.25, 0.3) is 5.91 Å². The molecule has 2 aromatic rings. The fraction of sp³-hybridized carbons (Fsp3) is 0.188. The van der Waals surface area contributed by atoms with Crippen LogP contribution in [-0.4, -0.2) is 36.6 Å². The standard InChI is InChI=1S/C16H15N3O5/c20-14-4-1-10(8-17-14)16(22)18-9-15(21)19-11-2-3-12-13(7-11)24-6-5-23-12/h1-4,7-8H,5-6,9H2,(H,17,20)(H,18,22)(H,19,21). The lowest BCUT2D eigenvalue weighted by molar-refractivity contribution is -0.115. The number of nitrogens with one attached hydrogen (secondary N) is 3. The number of rotatable bonds is 4. The third kappa shape index (κ3) is 3.72. The van der Waals surface area contributed by atoms with Gasteiger partial charge in [0.2, 0.25) is 11.5 Å². The van der Waals surface area contributed by atoms with E-state index < -0.39 is 5.91 Å². The van der Waals surface area contributed by atoms with Crippen LogP contribution in [0.1, 0.15) is 10.4 Å². The summed E-state index contributed by atoms with van der Waals surface area (Å²) in [6.45, 7) is 0.752. The molecule has 8 heteroatoms. The van der Waals surface area contributed by atoms with Crippen molar-refractivity contribution >= 4 is 17.5 Å². The van der Waals surface area contributed by atoms with E-state index in [1.807, 2.05) is 0 Å². The second-order valence-corrected chi connectivity index (χ2v) is 5.03. The summed E-state index contributed by atoms with van der Waals surface area (Å²) in [5.74, 6) is 0.356. The van der Waals surface area contributed by atoms with Gasteiger partial charge in [-0.2, -0.15) is 0 Å². The van der Waals surface area contributed by atoms with Gasteiger partial charge in [-0.25, -0.2) is 0 Å². The normalized spacial score (nSPS) is 12.3. The molecule has 1 aliphatic heterocycles. The number of hydrogen-bond donors (Lipinski definition) is 3. The molecule has 3 N–H and O–H groups in total. The molecule has 3 rings (SSSR count). The van der Waals surface area contributed by atoms with Crippen LogP contribution < -0.4 is 25.7 Å². The van der Waals surface area contributed by atoms with Gasteiger partial charge in [0.15, 0.2) is 11.5 Å². The predicted molar refractivity (Wildman–Crippen MR) is 85.5 cm³/mol. The van der Waals surface area contributed by atoms with Crippen LogP contribution in [0, 0.1) is 0 Å². The van der Waals surface area contributed by atoms with E-state index in [9.17, 15) is 14.4 Å². The highest BCUT2D eigenvalue weighted by Crippen LogP contribution is 2.32. The molecular formula is C16H15N3O5. The van der Waals surface area contributed by atoms with E-state index in [2.05, 4.69) is 15.6 Å². The molecule has 0 fully saturated rings. The van der Waals surface area contributed by atoms with E-state index in [-0.39, 0.29) is 23.6 Å². The Bertz CT molecular complexity index is 810. The number of benzene rings is 1. The Morgan fingerprint density at radius 1 is 1.08 bits per heavy atom. The quantitative estimate of drug-likeness (QED) is 0.757. The summed E-state index contributed by atoms with van der Waals surface area (Å²) in [6, 6.07) is 7.69. The zero-order chi connectivity index (χ0) is 16.9. The first-order chi connectivity index (χ1) is 11.6. The second kappa shape index (κ2) is 6.86. The maximum Gasteiger partial charge on any atom is 0.253 e. The molecule has 0 spiro atoms. The Morgan fingerprint density at radius 2 is 1.88 bits per heavy atom. The lowest BCUT2D eigenvalue weighted by Gasteiger charge is -2.19. The second-order valence-electron chi connectivity index (χ2n) is 5.03. The number of ether oxygens (including phenoxy) is 2. The zero-order valence-electron chi connectivity index (χ0n) is 12.6. The first-order valence-electron chi connectivity index (χ1n) is 7.28. The van der Waals surface area contributed by atoms with Crippen LogP contribution in [-0.2, 0) is 4.79 Å². The Labute approximate surface area is 136 Å². The number of aromatic nitrogens is 1. The Kier molecular flexibility index (Phi) is 4.46. The van der Waals surface area contributed by atoms with Gasteiger partial charge in [-0.3, -0.25) is 14.4 Å². The fourth-order valence-corrected chi connectivity index (χ4v) is 2.14. The first-order valence-corrected chi connectivity index (χ1v) is 7.28. The van der Waals surface area contributed by atoms with Crippen molar-refractivity contribution in [3.05, 3.63) is 52.4 Å². The summed E-state index contributed by atoms with van der Waals surface area (Å²) in [6.07, 6.45) is 1.29. The van der Waals surface area contributed by atoms with Gasteiger partial charge in [0, 0.05) is 24.0 Å². The monoisotopic (exact) mass is 329 g/mol. The Hall–Kier alpha value is -3.29. The molecule has 24 heavy (non-hydrogen) atoms. The minimum atomic E-state index is -0.455. The van der Waals surface area contributed by atoms with Gasteiger partial charge in [-0.05, 0) is 18.2 Å². The minimum absolute atomic E-state index is 0.202. The van der Waals surface area contributed by atoms with Crippen molar-refractivity contribution in [1.29, 1.82) is 0 Å². The number of fused-ring (bicyclic) bond motifs is 1. The molecule has 2 amide bonds. The highest BCUT2D eigenvalue weighted by Gasteiger charge is 2.13. The lowest BCUT2D eigenvalue weighted by atomic mass is 10.2. The molecule has 1 aromatic carbocycles. The maximum absolute atomic E-state index is 11.9. The predicted octanol–water partition coefficient (Wildman–Crippen LogP) is 0.515. The average Bonchev–Trinajstić information content (AvgIpc) is 2.60. The number of amides is 2. The first kappa shape index (κ1) is 15.6. The maximum atomic E-state index is 11.9. The van der Waals surface area contributed by atoms with Gasteiger partial charge in [0.05, 0.1) is 12.1 Å². The van der Waals surface area contributed by atoms with Crippen molar-refractivity contribution in [2.24, 2.45) is 0 Å². The topological polar surface area (TPSA) is 110 Å². The SMILES string of the molecule is O=C(CNC(=O)c1ccc(=O)[nH]c1)Nc1ccc2c(c1)OCCO2. The lowest BCUT2D eigenvalue weighted by Crippen LogP contribution is -2.33. The molecule has 2 heterocycles. The third-order valence-corrected chi connectivity index (χ3v) is 3.28. The number of carbonyl (C=O) groups is 2. The molecule has 0 bridgehead atoms. The van der Waals surface area contributed by atoms with E-state index in [0.717, 1.165) is 0 Å². The summed E-state index contributed by atoms with van der Waals surface area (Å²) in [5.41, 5.74) is 0.507. The summed E-state index contributed by atoms with van der Waals surface area (Å²) in [7, 11) is 0. The number of pyridine rings is 1. The summed E-state index contributed by atoms with van der Waals surface area (Å²) >= 11 is 0. The number of H-pyrrole nitrogens is 1. The molecular weight excluding hydrogens is 314 g/mol. The number of hydrogen-bond acceptors (Lipinski definition) is 5. The third-order valence-electron chi connectivity index (χ3n) is 3.28. The molecule has 0 radical (unpaired) electrons. The molecule has 124 valence electrons. The van der Waals surface area contributed by atoms with Crippen LogP contribution in [0.2, 0.25) is 0 Å². The fourth-order valence-electron chi connectivity index (χ4n) is 2.14. The van der Waals surface area contributed by atoms with E-state index in [4.69, 9.17) is 9.47 Å². The van der Waals surface area contributed by atoms with Gasteiger partial charge >= 0.3 is 0 Å². The van der Waals surface area contributed by atoms with E-state index in [1.165, 1.54) is 18.3 Å². The molecule has 0 saturated carbocycles. The van der Waals surface area contributed by atoms with Gasteiger partial charge in [-0.15, -0.1) is 0 Å². The largest absolute Gasteiger partial charge is 0.486 e. The highest BCUT2D eigenvalue weighted by atomic mass is 16.6. The van der Waals surface area contributed by atoms with Crippen LogP contribution in [0.5, 0.6) is 11.5 Å². The van der Waals surface area contributed by atoms with E-state index in [1.54, 1.807) is 18.2 Å². The van der Waals surface area contributed by atoms with Crippen molar-refractivity contribution in [1.82, 2.24) is 10.3 Å². The van der Waals surface area contributed by atoms with Crippen molar-refractivity contribution in [2.45, 2.75) is 0 Å². The Balaban J connectivity index is 1.55. The summed E-state index contributed by atoms with van der Waals surface area (Å²) in [4.78, 5) is 37.1. The molecule has 1 aromatic heterocycles. The molecule has 8 nitrogen and oxygen atoms in total. The van der Waals surface area contributed by atoms with Crippen LogP contribution in [0.15, 0.2) is 41.3 Å². The molecule has 0 saturated heterocycles. The van der Waals surface area contributed by atoms with E-state index in [0.29, 0.717) is 30.4 Å². The van der Waals surface area contributed by atoms with Gasteiger partial charge < -0.3 is 25.1 Å². The molecule has 1 aliphatic rings. The van der Waals surface area contributed by atoms with Crippen LogP contribution in [0.25, 0.3) is 0 Å². The van der Waals surface area contributed by atoms with Gasteiger partial charge in [-0.1, -0.05) is 0 Å². The number of carbonyl (C=O) groups excluding carboxylic acids is 2. The molecule has 0 unspecified atom stereocenters. The van der Waals surface area contributed by atoms with Crippen molar-refractivity contribution in [3.63, 3.8) is 0 Å². The average molecular weight is 329 g/mol. The smallest absolute Gasteiger partial charge is 0.253 e. The van der Waals surface area contributed by atoms with Crippen LogP contribution in [0.3, 0.4) is 0 Å². The van der Waals surface area contributed by atoms with Crippen molar-refractivity contribution in [3.8, 4) is 11.5 Å².